The Morgan fingerprint density at radius 1 is 0.583 bits per heavy atom. The van der Waals surface area contributed by atoms with E-state index in [0.29, 0.717) is 11.4 Å². The van der Waals surface area contributed by atoms with E-state index >= 15 is 0 Å². The predicted molar refractivity (Wildman–Crippen MR) is 121 cm³/mol. The molecule has 14 nitrogen and oxygen atoms in total. The van der Waals surface area contributed by atoms with Crippen LogP contribution in [0.1, 0.15) is 0 Å². The molecule has 14 heteroatoms. The van der Waals surface area contributed by atoms with Gasteiger partial charge in [-0.1, -0.05) is 13.2 Å². The number of esters is 4. The summed E-state index contributed by atoms with van der Waals surface area (Å²) in [5.41, 5.74) is 0.688. The topological polar surface area (TPSA) is 182 Å². The fourth-order valence-electron chi connectivity index (χ4n) is 1.99. The Hall–Kier alpha value is -4.88. The monoisotopic (exact) mass is 508 g/mol. The Balaban J connectivity index is 2.21. The maximum Gasteiger partial charge on any atom is 0.411 e. The van der Waals surface area contributed by atoms with Crippen molar-refractivity contribution < 1.29 is 57.2 Å². The van der Waals surface area contributed by atoms with Gasteiger partial charge in [0.25, 0.3) is 0 Å². The maximum atomic E-state index is 11.7. The van der Waals surface area contributed by atoms with Crippen molar-refractivity contribution in [3.63, 3.8) is 0 Å². The van der Waals surface area contributed by atoms with Gasteiger partial charge in [-0.05, 0) is 24.3 Å². The summed E-state index contributed by atoms with van der Waals surface area (Å²) >= 11 is 0. The zero-order valence-electron chi connectivity index (χ0n) is 19.0. The second-order valence-electron chi connectivity index (χ2n) is 6.16. The van der Waals surface area contributed by atoms with Crippen LogP contribution in [-0.2, 0) is 47.6 Å². The van der Waals surface area contributed by atoms with Gasteiger partial charge in [0.15, 0.2) is 13.2 Å². The van der Waals surface area contributed by atoms with Crippen LogP contribution in [0.2, 0.25) is 0 Å². The molecule has 0 saturated carbocycles. The third kappa shape index (κ3) is 13.6. The van der Waals surface area contributed by atoms with Crippen molar-refractivity contribution in [1.29, 1.82) is 0 Å². The van der Waals surface area contributed by atoms with Crippen LogP contribution in [0.4, 0.5) is 21.0 Å². The minimum atomic E-state index is -0.821. The number of hydrogen-bond donors (Lipinski definition) is 2. The highest BCUT2D eigenvalue weighted by molar-refractivity contribution is 5.87. The summed E-state index contributed by atoms with van der Waals surface area (Å²) in [4.78, 5) is 67.7. The number of anilines is 2. The molecule has 0 aliphatic carbocycles. The van der Waals surface area contributed by atoms with Crippen molar-refractivity contribution >= 4 is 47.4 Å². The molecule has 1 rings (SSSR count). The first-order chi connectivity index (χ1) is 17.2. The Morgan fingerprint density at radius 3 is 1.25 bits per heavy atom. The van der Waals surface area contributed by atoms with Gasteiger partial charge in [-0.2, -0.15) is 0 Å². The highest BCUT2D eigenvalue weighted by Crippen LogP contribution is 2.14. The molecule has 2 N–H and O–H groups in total. The van der Waals surface area contributed by atoms with Crippen LogP contribution in [0.3, 0.4) is 0 Å². The summed E-state index contributed by atoms with van der Waals surface area (Å²) in [5, 5.41) is 4.84. The Kier molecular flexibility index (Phi) is 13.5. The molecule has 0 aliphatic rings. The minimum absolute atomic E-state index is 0.242. The molecule has 1 aromatic rings. The number of nitrogens with one attached hydrogen (secondary N) is 2. The quantitative estimate of drug-likeness (QED) is 0.159. The highest BCUT2D eigenvalue weighted by Gasteiger charge is 2.09. The summed E-state index contributed by atoms with van der Waals surface area (Å²) < 4.78 is 28.0. The lowest BCUT2D eigenvalue weighted by molar-refractivity contribution is -0.156. The molecule has 0 bridgehead atoms. The highest BCUT2D eigenvalue weighted by atomic mass is 16.6. The molecule has 194 valence electrons. The summed E-state index contributed by atoms with van der Waals surface area (Å²) in [6, 6.07) is 5.88. The van der Waals surface area contributed by atoms with Crippen molar-refractivity contribution in [3.05, 3.63) is 49.6 Å². The van der Waals surface area contributed by atoms with Gasteiger partial charge in [-0.3, -0.25) is 10.6 Å². The van der Waals surface area contributed by atoms with Gasteiger partial charge in [-0.25, -0.2) is 28.8 Å². The van der Waals surface area contributed by atoms with E-state index in [2.05, 4.69) is 33.3 Å². The van der Waals surface area contributed by atoms with E-state index in [0.717, 1.165) is 12.2 Å². The summed E-state index contributed by atoms with van der Waals surface area (Å²) in [6.45, 7) is 4.19. The largest absolute Gasteiger partial charge is 0.460 e. The van der Waals surface area contributed by atoms with Crippen LogP contribution in [-0.4, -0.2) is 75.7 Å². The average Bonchev–Trinajstić information content (AvgIpc) is 2.87. The molecule has 0 unspecified atom stereocenters. The second kappa shape index (κ2) is 16.7. The Bertz CT molecular complexity index is 881. The molecular formula is C22H24N2O12. The van der Waals surface area contributed by atoms with Crippen LogP contribution in [0.15, 0.2) is 49.6 Å². The summed E-state index contributed by atoms with van der Waals surface area (Å²) in [6.07, 6.45) is 0.150. The van der Waals surface area contributed by atoms with E-state index in [-0.39, 0.29) is 26.4 Å². The van der Waals surface area contributed by atoms with Gasteiger partial charge in [0, 0.05) is 23.5 Å². The molecule has 0 aromatic heterocycles. The summed E-state index contributed by atoms with van der Waals surface area (Å²) in [5.74, 6) is -3.18. The van der Waals surface area contributed by atoms with Gasteiger partial charge in [0.1, 0.15) is 26.4 Å². The fraction of sp³-hybridized carbons (Fsp3) is 0.273. The number of benzene rings is 1. The van der Waals surface area contributed by atoms with Crippen LogP contribution < -0.4 is 10.6 Å². The fourth-order valence-corrected chi connectivity index (χ4v) is 1.99. The normalized spacial score (nSPS) is 9.56. The predicted octanol–water partition coefficient (Wildman–Crippen LogP) is 1.33. The molecule has 0 spiro atoms. The zero-order chi connectivity index (χ0) is 26.8. The van der Waals surface area contributed by atoms with Gasteiger partial charge in [-0.15, -0.1) is 0 Å². The van der Waals surface area contributed by atoms with E-state index in [1.54, 1.807) is 0 Å². The van der Waals surface area contributed by atoms with E-state index in [1.807, 2.05) is 0 Å². The van der Waals surface area contributed by atoms with Crippen LogP contribution in [0, 0.1) is 0 Å². The Morgan fingerprint density at radius 2 is 0.917 bits per heavy atom. The molecule has 0 saturated heterocycles. The molecule has 0 fully saturated rings. The van der Waals surface area contributed by atoms with Crippen LogP contribution >= 0.6 is 0 Å². The standard InChI is InChI=1S/C22H24N2O12/c1-3-17(25)35-13-19(27)31-9-11-33-21(29)23-15-5-7-16(8-6-15)24-22(30)34-12-10-32-20(28)14-36-18(26)4-2/h3-8H,1-2,9-14H2,(H,23,29)(H,24,30). The molecule has 0 radical (unpaired) electrons. The van der Waals surface area contributed by atoms with Gasteiger partial charge < -0.3 is 28.4 Å². The SMILES string of the molecule is C=CC(=O)OCC(=O)OCCOC(=O)Nc1ccc(NC(=O)OCCOC(=O)COC(=O)C=C)cc1. The number of rotatable bonds is 14. The molecular weight excluding hydrogens is 484 g/mol. The van der Waals surface area contributed by atoms with Crippen molar-refractivity contribution in [1.82, 2.24) is 0 Å². The van der Waals surface area contributed by atoms with Gasteiger partial charge in [0.2, 0.25) is 0 Å². The maximum absolute atomic E-state index is 11.7. The van der Waals surface area contributed by atoms with Gasteiger partial charge >= 0.3 is 36.1 Å². The smallest absolute Gasteiger partial charge is 0.411 e. The lowest BCUT2D eigenvalue weighted by Crippen LogP contribution is -2.21. The number of amides is 2. The molecule has 36 heavy (non-hydrogen) atoms. The molecule has 0 atom stereocenters. The van der Waals surface area contributed by atoms with Crippen molar-refractivity contribution in [2.45, 2.75) is 0 Å². The van der Waals surface area contributed by atoms with Gasteiger partial charge in [0.05, 0.1) is 0 Å². The Labute approximate surface area is 205 Å². The first-order valence-electron chi connectivity index (χ1n) is 10.1. The lowest BCUT2D eigenvalue weighted by Gasteiger charge is -2.10. The molecule has 0 aliphatic heterocycles. The van der Waals surface area contributed by atoms with Crippen LogP contribution in [0.25, 0.3) is 0 Å². The van der Waals surface area contributed by atoms with Crippen molar-refractivity contribution in [3.8, 4) is 0 Å². The third-order valence-electron chi connectivity index (χ3n) is 3.53. The first-order valence-corrected chi connectivity index (χ1v) is 10.1. The number of carbonyl (C=O) groups is 6. The molecule has 1 aromatic carbocycles. The lowest BCUT2D eigenvalue weighted by atomic mass is 10.3. The number of ether oxygens (including phenoxy) is 6. The van der Waals surface area contributed by atoms with E-state index < -0.39 is 49.3 Å². The van der Waals surface area contributed by atoms with Crippen molar-refractivity contribution in [2.75, 3.05) is 50.3 Å². The van der Waals surface area contributed by atoms with Crippen LogP contribution in [0.5, 0.6) is 0 Å². The summed E-state index contributed by atoms with van der Waals surface area (Å²) in [7, 11) is 0. The second-order valence-corrected chi connectivity index (χ2v) is 6.16. The number of hydrogen-bond acceptors (Lipinski definition) is 12. The third-order valence-corrected chi connectivity index (χ3v) is 3.53. The number of carbonyl (C=O) groups excluding carboxylic acids is 6. The zero-order valence-corrected chi connectivity index (χ0v) is 19.0. The first kappa shape index (κ1) is 29.2. The minimum Gasteiger partial charge on any atom is -0.460 e. The average molecular weight is 508 g/mol. The molecule has 0 heterocycles. The van der Waals surface area contributed by atoms with E-state index in [1.165, 1.54) is 24.3 Å². The van der Waals surface area contributed by atoms with Crippen molar-refractivity contribution in [2.24, 2.45) is 0 Å². The van der Waals surface area contributed by atoms with E-state index in [4.69, 9.17) is 18.9 Å². The van der Waals surface area contributed by atoms with E-state index in [9.17, 15) is 28.8 Å². The molecule has 2 amide bonds.